The topological polar surface area (TPSA) is 86.5 Å². The highest BCUT2D eigenvalue weighted by Gasteiger charge is 2.18. The van der Waals surface area contributed by atoms with Gasteiger partial charge in [-0.1, -0.05) is 0 Å². The van der Waals surface area contributed by atoms with Gasteiger partial charge in [0.15, 0.2) is 11.5 Å². The van der Waals surface area contributed by atoms with Crippen molar-refractivity contribution in [3.8, 4) is 11.5 Å². The van der Waals surface area contributed by atoms with Crippen LogP contribution in [0.2, 0.25) is 0 Å². The molecule has 0 saturated carbocycles. The van der Waals surface area contributed by atoms with Crippen LogP contribution >= 0.6 is 0 Å². The zero-order chi connectivity index (χ0) is 13.9. The average molecular weight is 271 g/mol. The fraction of sp³-hybridized carbons (Fsp3) is 0.143. The Morgan fingerprint density at radius 2 is 2.00 bits per heavy atom. The van der Waals surface area contributed by atoms with E-state index in [1.165, 1.54) is 0 Å². The number of amides is 1. The first-order chi connectivity index (χ1) is 9.74. The van der Waals surface area contributed by atoms with Crippen LogP contribution in [0.3, 0.4) is 0 Å². The molecule has 0 aliphatic carbocycles. The van der Waals surface area contributed by atoms with Gasteiger partial charge in [0, 0.05) is 18.0 Å². The molecule has 6 nitrogen and oxygen atoms in total. The highest BCUT2D eigenvalue weighted by molar-refractivity contribution is 6.08. The van der Waals surface area contributed by atoms with Crippen LogP contribution in [0.1, 0.15) is 10.4 Å². The Hall–Kier alpha value is -2.76. The minimum Gasteiger partial charge on any atom is -0.486 e. The van der Waals surface area contributed by atoms with Gasteiger partial charge in [-0.2, -0.15) is 0 Å². The van der Waals surface area contributed by atoms with E-state index in [4.69, 9.17) is 15.2 Å². The average Bonchev–Trinajstić information content (AvgIpc) is 2.47. The molecule has 1 aromatic heterocycles. The Balaban J connectivity index is 1.88. The molecule has 0 bridgehead atoms. The first kappa shape index (κ1) is 12.3. The molecule has 0 atom stereocenters. The third-order valence-electron chi connectivity index (χ3n) is 2.88. The van der Waals surface area contributed by atoms with Crippen molar-refractivity contribution in [3.05, 3.63) is 42.2 Å². The number of nitrogen functional groups attached to an aromatic ring is 1. The lowest BCUT2D eigenvalue weighted by molar-refractivity contribution is 0.102. The summed E-state index contributed by atoms with van der Waals surface area (Å²) in [5.41, 5.74) is 7.18. The third-order valence-corrected chi connectivity index (χ3v) is 2.88. The predicted molar refractivity (Wildman–Crippen MR) is 74.0 cm³/mol. The van der Waals surface area contributed by atoms with Gasteiger partial charge in [0.25, 0.3) is 5.91 Å². The van der Waals surface area contributed by atoms with Crippen molar-refractivity contribution in [2.24, 2.45) is 0 Å². The molecule has 2 heterocycles. The summed E-state index contributed by atoms with van der Waals surface area (Å²) in [4.78, 5) is 16.1. The number of pyridine rings is 1. The SMILES string of the molecule is Nc1cc2c(cc1C(=O)Nc1cccnc1)OCCO2. The molecule has 0 radical (unpaired) electrons. The standard InChI is InChI=1S/C14H13N3O3/c15-11-7-13-12(19-4-5-20-13)6-10(11)14(18)17-9-2-1-3-16-8-9/h1-3,6-8H,4-5,15H2,(H,17,18). The van der Waals surface area contributed by atoms with Crippen LogP contribution in [0.25, 0.3) is 0 Å². The quantitative estimate of drug-likeness (QED) is 0.812. The molecule has 102 valence electrons. The van der Waals surface area contributed by atoms with E-state index in [0.717, 1.165) is 0 Å². The summed E-state index contributed by atoms with van der Waals surface area (Å²) in [6.45, 7) is 0.939. The second-order valence-corrected chi connectivity index (χ2v) is 4.28. The van der Waals surface area contributed by atoms with Gasteiger partial charge in [-0.25, -0.2) is 0 Å². The van der Waals surface area contributed by atoms with Crippen LogP contribution in [0.4, 0.5) is 11.4 Å². The Labute approximate surface area is 115 Å². The molecule has 0 saturated heterocycles. The molecule has 0 fully saturated rings. The summed E-state index contributed by atoms with van der Waals surface area (Å²) in [6, 6.07) is 6.68. The summed E-state index contributed by atoms with van der Waals surface area (Å²) >= 11 is 0. The zero-order valence-electron chi connectivity index (χ0n) is 10.6. The number of benzene rings is 1. The monoisotopic (exact) mass is 271 g/mol. The van der Waals surface area contributed by atoms with E-state index >= 15 is 0 Å². The van der Waals surface area contributed by atoms with Crippen molar-refractivity contribution in [2.45, 2.75) is 0 Å². The third kappa shape index (κ3) is 2.35. The molecule has 1 aliphatic rings. The molecule has 20 heavy (non-hydrogen) atoms. The number of nitrogens with zero attached hydrogens (tertiary/aromatic N) is 1. The van der Waals surface area contributed by atoms with Crippen molar-refractivity contribution in [1.29, 1.82) is 0 Å². The van der Waals surface area contributed by atoms with Crippen molar-refractivity contribution in [3.63, 3.8) is 0 Å². The van der Waals surface area contributed by atoms with Gasteiger partial charge in [-0.15, -0.1) is 0 Å². The fourth-order valence-electron chi connectivity index (χ4n) is 1.94. The molecule has 1 aromatic carbocycles. The Bertz CT molecular complexity index is 644. The lowest BCUT2D eigenvalue weighted by atomic mass is 10.1. The van der Waals surface area contributed by atoms with E-state index < -0.39 is 0 Å². The molecule has 2 aromatic rings. The number of carbonyl (C=O) groups excluding carboxylic acids is 1. The lowest BCUT2D eigenvalue weighted by Gasteiger charge is -2.20. The number of rotatable bonds is 2. The zero-order valence-corrected chi connectivity index (χ0v) is 10.6. The number of hydrogen-bond donors (Lipinski definition) is 2. The van der Waals surface area contributed by atoms with E-state index in [9.17, 15) is 4.79 Å². The van der Waals surface area contributed by atoms with Gasteiger partial charge in [0.1, 0.15) is 13.2 Å². The molecular formula is C14H13N3O3. The molecular weight excluding hydrogens is 258 g/mol. The van der Waals surface area contributed by atoms with E-state index in [-0.39, 0.29) is 5.91 Å². The first-order valence-electron chi connectivity index (χ1n) is 6.14. The number of aromatic nitrogens is 1. The highest BCUT2D eigenvalue weighted by Crippen LogP contribution is 2.34. The van der Waals surface area contributed by atoms with Gasteiger partial charge in [0.05, 0.1) is 17.4 Å². The Morgan fingerprint density at radius 1 is 1.25 bits per heavy atom. The van der Waals surface area contributed by atoms with Crippen molar-refractivity contribution in [2.75, 3.05) is 24.3 Å². The maximum absolute atomic E-state index is 12.2. The predicted octanol–water partition coefficient (Wildman–Crippen LogP) is 1.69. The van der Waals surface area contributed by atoms with Crippen LogP contribution in [0, 0.1) is 0 Å². The smallest absolute Gasteiger partial charge is 0.257 e. The lowest BCUT2D eigenvalue weighted by Crippen LogP contribution is -2.18. The van der Waals surface area contributed by atoms with Crippen molar-refractivity contribution in [1.82, 2.24) is 4.98 Å². The highest BCUT2D eigenvalue weighted by atomic mass is 16.6. The van der Waals surface area contributed by atoms with Gasteiger partial charge in [0.2, 0.25) is 0 Å². The Morgan fingerprint density at radius 3 is 2.70 bits per heavy atom. The van der Waals surface area contributed by atoms with E-state index in [1.807, 2.05) is 0 Å². The number of nitrogens with two attached hydrogens (primary N) is 1. The van der Waals surface area contributed by atoms with Crippen LogP contribution in [-0.4, -0.2) is 24.1 Å². The van der Waals surface area contributed by atoms with Crippen LogP contribution < -0.4 is 20.5 Å². The van der Waals surface area contributed by atoms with Gasteiger partial charge >= 0.3 is 0 Å². The minimum atomic E-state index is -0.313. The number of ether oxygens (including phenoxy) is 2. The van der Waals surface area contributed by atoms with E-state index in [2.05, 4.69) is 10.3 Å². The maximum atomic E-state index is 12.2. The van der Waals surface area contributed by atoms with Crippen molar-refractivity contribution >= 4 is 17.3 Å². The summed E-state index contributed by atoms with van der Waals surface area (Å²) in [5.74, 6) is 0.779. The van der Waals surface area contributed by atoms with E-state index in [1.54, 1.807) is 36.7 Å². The summed E-state index contributed by atoms with van der Waals surface area (Å²) in [5, 5.41) is 2.73. The second kappa shape index (κ2) is 5.08. The van der Waals surface area contributed by atoms with Gasteiger partial charge in [-0.3, -0.25) is 9.78 Å². The largest absolute Gasteiger partial charge is 0.486 e. The summed E-state index contributed by atoms with van der Waals surface area (Å²) in [6.07, 6.45) is 3.19. The molecule has 6 heteroatoms. The van der Waals surface area contributed by atoms with Crippen LogP contribution in [0.15, 0.2) is 36.7 Å². The number of fused-ring (bicyclic) bond motifs is 1. The number of hydrogen-bond acceptors (Lipinski definition) is 5. The van der Waals surface area contributed by atoms with Crippen molar-refractivity contribution < 1.29 is 14.3 Å². The molecule has 3 rings (SSSR count). The molecule has 0 spiro atoms. The summed E-state index contributed by atoms with van der Waals surface area (Å²) < 4.78 is 10.9. The fourth-order valence-corrected chi connectivity index (χ4v) is 1.94. The number of carbonyl (C=O) groups is 1. The summed E-state index contributed by atoms with van der Waals surface area (Å²) in [7, 11) is 0. The van der Waals surface area contributed by atoms with Gasteiger partial charge in [-0.05, 0) is 18.2 Å². The second-order valence-electron chi connectivity index (χ2n) is 4.28. The van der Waals surface area contributed by atoms with Crippen LogP contribution in [-0.2, 0) is 0 Å². The molecule has 3 N–H and O–H groups in total. The molecule has 1 aliphatic heterocycles. The van der Waals surface area contributed by atoms with Gasteiger partial charge < -0.3 is 20.5 Å². The van der Waals surface area contributed by atoms with E-state index in [0.29, 0.717) is 41.7 Å². The maximum Gasteiger partial charge on any atom is 0.257 e. The number of anilines is 2. The Kier molecular flexibility index (Phi) is 3.12. The minimum absolute atomic E-state index is 0.313. The molecule has 0 unspecified atom stereocenters. The number of nitrogens with one attached hydrogen (secondary N) is 1. The first-order valence-corrected chi connectivity index (χ1v) is 6.14. The van der Waals surface area contributed by atoms with Crippen LogP contribution in [0.5, 0.6) is 11.5 Å². The molecule has 1 amide bonds. The normalized spacial score (nSPS) is 12.8.